The zero-order chi connectivity index (χ0) is 28.3. The summed E-state index contributed by atoms with van der Waals surface area (Å²) < 4.78 is 0. The van der Waals surface area contributed by atoms with Crippen LogP contribution in [-0.4, -0.2) is 81.1 Å². The van der Waals surface area contributed by atoms with Crippen LogP contribution in [-0.2, 0) is 35.2 Å². The van der Waals surface area contributed by atoms with E-state index >= 15 is 0 Å². The summed E-state index contributed by atoms with van der Waals surface area (Å²) >= 11 is 0. The van der Waals surface area contributed by atoms with Crippen molar-refractivity contribution in [2.24, 2.45) is 17.2 Å². The third kappa shape index (κ3) is 10.9. The van der Waals surface area contributed by atoms with Gasteiger partial charge in [0.25, 0.3) is 0 Å². The monoisotopic (exact) mass is 524 g/mol. The molecule has 5 unspecified atom stereocenters. The van der Waals surface area contributed by atoms with E-state index in [0.717, 1.165) is 0 Å². The summed E-state index contributed by atoms with van der Waals surface area (Å²) in [6, 6.07) is -0.0831. The topological polar surface area (TPSA) is 277 Å². The Morgan fingerprint density at radius 1 is 0.865 bits per heavy atom. The van der Waals surface area contributed by atoms with E-state index in [1.165, 1.54) is 19.1 Å². The van der Waals surface area contributed by atoms with Crippen molar-refractivity contribution < 1.29 is 44.1 Å². The van der Waals surface area contributed by atoms with Gasteiger partial charge in [-0.3, -0.25) is 24.0 Å². The molecule has 1 aromatic carbocycles. The highest BCUT2D eigenvalue weighted by Crippen LogP contribution is 2.11. The number of aromatic hydroxyl groups is 1. The Labute approximate surface area is 211 Å². The third-order valence-corrected chi connectivity index (χ3v) is 5.12. The number of nitrogens with two attached hydrogens (primary N) is 3. The highest BCUT2D eigenvalue weighted by molar-refractivity contribution is 5.96. The molecule has 0 aliphatic heterocycles. The van der Waals surface area contributed by atoms with Crippen LogP contribution in [0.5, 0.6) is 5.75 Å². The number of benzene rings is 1. The fraction of sp³-hybridized carbons (Fsp3) is 0.455. The maximum absolute atomic E-state index is 12.8. The normalized spacial score (nSPS) is 14.8. The minimum atomic E-state index is -1.66. The summed E-state index contributed by atoms with van der Waals surface area (Å²) in [7, 11) is 0. The molecule has 15 nitrogen and oxygen atoms in total. The average Bonchev–Trinajstić information content (AvgIpc) is 2.79. The number of rotatable bonds is 15. The number of aliphatic carboxylic acids is 1. The van der Waals surface area contributed by atoms with Crippen molar-refractivity contribution in [3.05, 3.63) is 29.8 Å². The molecule has 1 rings (SSSR count). The van der Waals surface area contributed by atoms with Gasteiger partial charge in [0.15, 0.2) is 0 Å². The van der Waals surface area contributed by atoms with Gasteiger partial charge in [0.2, 0.25) is 29.5 Å². The maximum Gasteiger partial charge on any atom is 0.326 e. The average molecular weight is 525 g/mol. The van der Waals surface area contributed by atoms with E-state index in [9.17, 15) is 44.1 Å². The van der Waals surface area contributed by atoms with Gasteiger partial charge in [-0.1, -0.05) is 12.1 Å². The molecule has 0 bridgehead atoms. The summed E-state index contributed by atoms with van der Waals surface area (Å²) in [6.07, 6.45) is -2.87. The van der Waals surface area contributed by atoms with Gasteiger partial charge < -0.3 is 48.5 Å². The van der Waals surface area contributed by atoms with Crippen LogP contribution >= 0.6 is 0 Å². The van der Waals surface area contributed by atoms with Crippen LogP contribution in [0.3, 0.4) is 0 Å². The number of carboxylic acids is 1. The van der Waals surface area contributed by atoms with Gasteiger partial charge in [-0.2, -0.15) is 0 Å². The molecule has 0 saturated carbocycles. The van der Waals surface area contributed by atoms with E-state index in [4.69, 9.17) is 17.2 Å². The number of carbonyl (C=O) groups excluding carboxylic acids is 5. The van der Waals surface area contributed by atoms with Gasteiger partial charge in [-0.05, 0) is 37.5 Å². The van der Waals surface area contributed by atoms with Gasteiger partial charge in [0, 0.05) is 6.42 Å². The van der Waals surface area contributed by atoms with Crippen LogP contribution in [0.25, 0.3) is 0 Å². The summed E-state index contributed by atoms with van der Waals surface area (Å²) in [6.45, 7) is 1.18. The van der Waals surface area contributed by atoms with E-state index < -0.39 is 72.2 Å². The van der Waals surface area contributed by atoms with E-state index in [1.54, 1.807) is 12.1 Å². The van der Waals surface area contributed by atoms with Gasteiger partial charge in [-0.25, -0.2) is 4.79 Å². The summed E-state index contributed by atoms with van der Waals surface area (Å²) in [5, 5.41) is 35.2. The second kappa shape index (κ2) is 14.4. The number of carbonyl (C=O) groups is 6. The molecule has 1 aromatic rings. The molecular weight excluding hydrogens is 492 g/mol. The first kappa shape index (κ1) is 30.8. The fourth-order valence-corrected chi connectivity index (χ4v) is 3.13. The zero-order valence-electron chi connectivity index (χ0n) is 20.0. The first-order valence-electron chi connectivity index (χ1n) is 11.1. The Bertz CT molecular complexity index is 999. The fourth-order valence-electron chi connectivity index (χ4n) is 3.13. The number of primary amides is 2. The number of hydrogen-bond donors (Lipinski definition) is 9. The molecule has 0 aliphatic rings. The minimum Gasteiger partial charge on any atom is -0.508 e. The lowest BCUT2D eigenvalue weighted by Gasteiger charge is -2.26. The third-order valence-electron chi connectivity index (χ3n) is 5.12. The number of aliphatic hydroxyl groups is 1. The molecule has 5 atom stereocenters. The van der Waals surface area contributed by atoms with Gasteiger partial charge in [-0.15, -0.1) is 0 Å². The van der Waals surface area contributed by atoms with Crippen molar-refractivity contribution in [1.82, 2.24) is 16.0 Å². The standard InChI is InChI=1S/C22H32N6O9/c1-10(29)18(28-19(33)13(23)8-11-2-4-12(30)5-3-11)21(35)27-15(9-17(25)32)20(34)26-14(22(36)37)6-7-16(24)31/h2-5,10,13-15,18,29-30H,6-9,23H2,1H3,(H2,24,31)(H2,25,32)(H,26,34)(H,27,35)(H,28,33)(H,36,37). The smallest absolute Gasteiger partial charge is 0.326 e. The highest BCUT2D eigenvalue weighted by Gasteiger charge is 2.33. The van der Waals surface area contributed by atoms with Crippen molar-refractivity contribution in [2.45, 2.75) is 62.9 Å². The van der Waals surface area contributed by atoms with Crippen LogP contribution in [0.15, 0.2) is 24.3 Å². The number of aliphatic hydroxyl groups excluding tert-OH is 1. The van der Waals surface area contributed by atoms with Crippen LogP contribution in [0.2, 0.25) is 0 Å². The number of carboxylic acid groups (broad SMARTS) is 1. The Kier molecular flexibility index (Phi) is 11.9. The van der Waals surface area contributed by atoms with Crippen molar-refractivity contribution in [2.75, 3.05) is 0 Å². The number of phenols is 1. The first-order chi connectivity index (χ1) is 17.2. The number of amides is 5. The van der Waals surface area contributed by atoms with Crippen molar-refractivity contribution >= 4 is 35.5 Å². The van der Waals surface area contributed by atoms with Gasteiger partial charge >= 0.3 is 5.97 Å². The number of nitrogens with one attached hydrogen (secondary N) is 3. The molecular formula is C22H32N6O9. The second-order valence-electron chi connectivity index (χ2n) is 8.34. The molecule has 0 radical (unpaired) electrons. The molecule has 0 spiro atoms. The lowest BCUT2D eigenvalue weighted by molar-refractivity contribution is -0.143. The summed E-state index contributed by atoms with van der Waals surface area (Å²) in [5.74, 6) is -6.29. The Morgan fingerprint density at radius 3 is 1.92 bits per heavy atom. The van der Waals surface area contributed by atoms with Crippen LogP contribution in [0, 0.1) is 0 Å². The van der Waals surface area contributed by atoms with Crippen LogP contribution in [0.1, 0.15) is 31.7 Å². The highest BCUT2D eigenvalue weighted by atomic mass is 16.4. The number of hydrogen-bond acceptors (Lipinski definition) is 9. The maximum atomic E-state index is 12.8. The van der Waals surface area contributed by atoms with Crippen molar-refractivity contribution in [1.29, 1.82) is 0 Å². The Balaban J connectivity index is 2.93. The van der Waals surface area contributed by atoms with E-state index in [2.05, 4.69) is 16.0 Å². The molecule has 204 valence electrons. The first-order valence-corrected chi connectivity index (χ1v) is 11.1. The second-order valence-corrected chi connectivity index (χ2v) is 8.34. The largest absolute Gasteiger partial charge is 0.508 e. The molecule has 0 fully saturated rings. The predicted molar refractivity (Wildman–Crippen MR) is 127 cm³/mol. The summed E-state index contributed by atoms with van der Waals surface area (Å²) in [5.41, 5.74) is 16.6. The van der Waals surface area contributed by atoms with Gasteiger partial charge in [0.05, 0.1) is 18.6 Å². The van der Waals surface area contributed by atoms with Crippen LogP contribution in [0.4, 0.5) is 0 Å². The molecule has 0 heterocycles. The SMILES string of the molecule is CC(O)C(NC(=O)C(N)Cc1ccc(O)cc1)C(=O)NC(CC(N)=O)C(=O)NC(CCC(N)=O)C(=O)O. The summed E-state index contributed by atoms with van der Waals surface area (Å²) in [4.78, 5) is 71.8. The zero-order valence-corrected chi connectivity index (χ0v) is 20.0. The molecule has 0 aliphatic carbocycles. The van der Waals surface area contributed by atoms with E-state index in [-0.39, 0.29) is 25.0 Å². The van der Waals surface area contributed by atoms with Gasteiger partial charge in [0.1, 0.15) is 23.9 Å². The molecule has 0 aromatic heterocycles. The lowest BCUT2D eigenvalue weighted by atomic mass is 10.0. The van der Waals surface area contributed by atoms with E-state index in [0.29, 0.717) is 5.56 Å². The molecule has 0 saturated heterocycles. The quantitative estimate of drug-likeness (QED) is 0.108. The molecule has 12 N–H and O–H groups in total. The van der Waals surface area contributed by atoms with E-state index in [1.807, 2.05) is 0 Å². The Morgan fingerprint density at radius 2 is 1.43 bits per heavy atom. The van der Waals surface area contributed by atoms with Crippen molar-refractivity contribution in [3.63, 3.8) is 0 Å². The molecule has 37 heavy (non-hydrogen) atoms. The predicted octanol–water partition coefficient (Wildman–Crippen LogP) is -3.68. The van der Waals surface area contributed by atoms with Crippen LogP contribution < -0.4 is 33.2 Å². The lowest BCUT2D eigenvalue weighted by Crippen LogP contribution is -2.60. The number of phenolic OH excluding ortho intramolecular Hbond substituents is 1. The van der Waals surface area contributed by atoms with Crippen molar-refractivity contribution in [3.8, 4) is 5.75 Å². The molecule has 5 amide bonds. The Hall–Kier alpha value is -4.24. The minimum absolute atomic E-state index is 0.0182. The molecule has 15 heteroatoms.